The van der Waals surface area contributed by atoms with Crippen molar-refractivity contribution >= 4 is 23.8 Å². The monoisotopic (exact) mass is 321 g/mol. The summed E-state index contributed by atoms with van der Waals surface area (Å²) in [5, 5.41) is 21.6. The summed E-state index contributed by atoms with van der Waals surface area (Å²) in [4.78, 5) is 22.7. The van der Waals surface area contributed by atoms with Gasteiger partial charge in [-0.3, -0.25) is 0 Å². The van der Waals surface area contributed by atoms with Crippen molar-refractivity contribution in [1.82, 2.24) is 5.32 Å². The van der Waals surface area contributed by atoms with E-state index in [-0.39, 0.29) is 5.75 Å². The minimum Gasteiger partial charge on any atom is -0.480 e. The van der Waals surface area contributed by atoms with Crippen LogP contribution in [0, 0.1) is 0 Å². The lowest BCUT2D eigenvalue weighted by atomic mass is 10.0. The SMILES string of the molecule is CCC(O)(CC)CSCC(NC(=O)OC(C)(C)C)C(=O)O. The van der Waals surface area contributed by atoms with E-state index in [1.165, 1.54) is 11.8 Å². The number of carbonyl (C=O) groups excluding carboxylic acids is 1. The van der Waals surface area contributed by atoms with Gasteiger partial charge in [0, 0.05) is 11.5 Å². The Labute approximate surface area is 130 Å². The first kappa shape index (κ1) is 20.1. The molecule has 1 amide bonds. The molecule has 124 valence electrons. The van der Waals surface area contributed by atoms with Crippen molar-refractivity contribution in [2.75, 3.05) is 11.5 Å². The zero-order valence-electron chi connectivity index (χ0n) is 13.4. The molecule has 3 N–H and O–H groups in total. The molecule has 6 nitrogen and oxygen atoms in total. The lowest BCUT2D eigenvalue weighted by molar-refractivity contribution is -0.138. The lowest BCUT2D eigenvalue weighted by Crippen LogP contribution is -2.45. The third kappa shape index (κ3) is 8.83. The maximum Gasteiger partial charge on any atom is 0.408 e. The summed E-state index contributed by atoms with van der Waals surface area (Å²) >= 11 is 1.30. The number of carboxylic acids is 1. The number of alkyl carbamates (subject to hydrolysis) is 1. The number of nitrogens with one attached hydrogen (secondary N) is 1. The summed E-state index contributed by atoms with van der Waals surface area (Å²) in [6.45, 7) is 8.90. The number of ether oxygens (including phenoxy) is 1. The number of rotatable bonds is 8. The second kappa shape index (κ2) is 8.48. The maximum atomic E-state index is 11.6. The highest BCUT2D eigenvalue weighted by Crippen LogP contribution is 2.21. The van der Waals surface area contributed by atoms with Crippen LogP contribution in [0.15, 0.2) is 0 Å². The van der Waals surface area contributed by atoms with E-state index < -0.39 is 29.3 Å². The Morgan fingerprint density at radius 3 is 2.14 bits per heavy atom. The number of hydrogen-bond donors (Lipinski definition) is 3. The van der Waals surface area contributed by atoms with Gasteiger partial charge in [0.25, 0.3) is 0 Å². The number of carbonyl (C=O) groups is 2. The molecule has 0 spiro atoms. The third-order valence-electron chi connectivity index (χ3n) is 2.96. The molecule has 1 unspecified atom stereocenters. The van der Waals surface area contributed by atoms with Gasteiger partial charge in [-0.1, -0.05) is 13.8 Å². The van der Waals surface area contributed by atoms with Crippen LogP contribution in [-0.4, -0.2) is 51.0 Å². The maximum absolute atomic E-state index is 11.6. The highest BCUT2D eigenvalue weighted by Gasteiger charge is 2.26. The molecule has 0 aromatic carbocycles. The van der Waals surface area contributed by atoms with Crippen molar-refractivity contribution in [3.8, 4) is 0 Å². The number of hydrogen-bond acceptors (Lipinski definition) is 5. The minimum absolute atomic E-state index is 0.177. The molecule has 0 aliphatic carbocycles. The van der Waals surface area contributed by atoms with Gasteiger partial charge in [-0.25, -0.2) is 9.59 Å². The van der Waals surface area contributed by atoms with Crippen molar-refractivity contribution in [2.45, 2.75) is 64.7 Å². The highest BCUT2D eigenvalue weighted by molar-refractivity contribution is 7.99. The van der Waals surface area contributed by atoms with E-state index in [4.69, 9.17) is 9.84 Å². The predicted octanol–water partition coefficient (Wildman–Crippen LogP) is 2.25. The zero-order valence-corrected chi connectivity index (χ0v) is 14.2. The van der Waals surface area contributed by atoms with Crippen molar-refractivity contribution in [1.29, 1.82) is 0 Å². The Hall–Kier alpha value is -0.950. The lowest BCUT2D eigenvalue weighted by Gasteiger charge is -2.26. The molecule has 0 heterocycles. The first-order valence-corrected chi connectivity index (χ1v) is 8.21. The average molecular weight is 321 g/mol. The largest absolute Gasteiger partial charge is 0.480 e. The number of aliphatic hydroxyl groups is 1. The topological polar surface area (TPSA) is 95.9 Å². The molecule has 0 aromatic rings. The quantitative estimate of drug-likeness (QED) is 0.634. The fourth-order valence-electron chi connectivity index (χ4n) is 1.45. The van der Waals surface area contributed by atoms with Gasteiger partial charge in [0.15, 0.2) is 0 Å². The van der Waals surface area contributed by atoms with Crippen LogP contribution in [0.5, 0.6) is 0 Å². The van der Waals surface area contributed by atoms with E-state index >= 15 is 0 Å². The van der Waals surface area contributed by atoms with E-state index in [2.05, 4.69) is 5.32 Å². The molecular formula is C14H27NO5S. The summed E-state index contributed by atoms with van der Waals surface area (Å²) in [5.74, 6) is -0.513. The summed E-state index contributed by atoms with van der Waals surface area (Å²) in [5.41, 5.74) is -1.47. The van der Waals surface area contributed by atoms with Crippen LogP contribution in [0.3, 0.4) is 0 Å². The van der Waals surface area contributed by atoms with Gasteiger partial charge in [0.05, 0.1) is 5.60 Å². The fraction of sp³-hybridized carbons (Fsp3) is 0.857. The van der Waals surface area contributed by atoms with E-state index in [1.54, 1.807) is 20.8 Å². The molecule has 0 saturated heterocycles. The highest BCUT2D eigenvalue weighted by atomic mass is 32.2. The Bertz CT molecular complexity index is 350. The summed E-state index contributed by atoms with van der Waals surface area (Å²) in [7, 11) is 0. The standard InChI is InChI=1S/C14H27NO5S/c1-6-14(19,7-2)9-21-8-10(11(16)17)15-12(18)20-13(3,4)5/h10,19H,6-9H2,1-5H3,(H,15,18)(H,16,17). The number of carboxylic acid groups (broad SMARTS) is 1. The molecule has 0 aromatic heterocycles. The molecule has 0 fully saturated rings. The van der Waals surface area contributed by atoms with Crippen molar-refractivity contribution in [3.05, 3.63) is 0 Å². The molecule has 0 saturated carbocycles. The Morgan fingerprint density at radius 1 is 1.24 bits per heavy atom. The molecule has 0 aliphatic heterocycles. The Morgan fingerprint density at radius 2 is 1.76 bits per heavy atom. The smallest absolute Gasteiger partial charge is 0.408 e. The Kier molecular flexibility index (Phi) is 8.10. The normalized spacial score (nSPS) is 13.6. The van der Waals surface area contributed by atoms with Crippen LogP contribution in [0.1, 0.15) is 47.5 Å². The van der Waals surface area contributed by atoms with Crippen molar-refractivity contribution in [2.24, 2.45) is 0 Å². The van der Waals surface area contributed by atoms with E-state index in [1.807, 2.05) is 13.8 Å². The van der Waals surface area contributed by atoms with E-state index in [9.17, 15) is 14.7 Å². The number of aliphatic carboxylic acids is 1. The second-order valence-electron chi connectivity index (χ2n) is 5.98. The van der Waals surface area contributed by atoms with Crippen molar-refractivity contribution in [3.63, 3.8) is 0 Å². The van der Waals surface area contributed by atoms with Crippen LogP contribution < -0.4 is 5.32 Å². The van der Waals surface area contributed by atoms with Gasteiger partial charge in [-0.05, 0) is 33.6 Å². The van der Waals surface area contributed by atoms with Gasteiger partial charge in [-0.2, -0.15) is 11.8 Å². The van der Waals surface area contributed by atoms with Gasteiger partial charge < -0.3 is 20.3 Å². The van der Waals surface area contributed by atoms with E-state index in [0.29, 0.717) is 18.6 Å². The van der Waals surface area contributed by atoms with Crippen LogP contribution in [0.25, 0.3) is 0 Å². The number of thioether (sulfide) groups is 1. The van der Waals surface area contributed by atoms with E-state index in [0.717, 1.165) is 0 Å². The summed E-state index contributed by atoms with van der Waals surface area (Å²) in [6, 6.07) is -1.04. The molecule has 0 radical (unpaired) electrons. The zero-order chi connectivity index (χ0) is 16.7. The summed E-state index contributed by atoms with van der Waals surface area (Å²) < 4.78 is 5.04. The van der Waals surface area contributed by atoms with Crippen LogP contribution in [-0.2, 0) is 9.53 Å². The van der Waals surface area contributed by atoms with Crippen LogP contribution in [0.4, 0.5) is 4.79 Å². The second-order valence-corrected chi connectivity index (χ2v) is 7.01. The first-order chi connectivity index (χ1) is 9.53. The summed E-state index contributed by atoms with van der Waals surface area (Å²) in [6.07, 6.45) is 0.457. The third-order valence-corrected chi connectivity index (χ3v) is 4.27. The molecule has 0 rings (SSSR count). The molecule has 0 bridgehead atoms. The first-order valence-electron chi connectivity index (χ1n) is 7.05. The van der Waals surface area contributed by atoms with Gasteiger partial charge >= 0.3 is 12.1 Å². The molecule has 1 atom stereocenters. The van der Waals surface area contributed by atoms with Gasteiger partial charge in [0.2, 0.25) is 0 Å². The van der Waals surface area contributed by atoms with Gasteiger partial charge in [-0.15, -0.1) is 0 Å². The van der Waals surface area contributed by atoms with Gasteiger partial charge in [0.1, 0.15) is 11.6 Å². The molecule has 21 heavy (non-hydrogen) atoms. The minimum atomic E-state index is -1.12. The van der Waals surface area contributed by atoms with Crippen molar-refractivity contribution < 1.29 is 24.5 Å². The Balaban J connectivity index is 4.39. The molecule has 7 heteroatoms. The molecule has 0 aliphatic rings. The molecular weight excluding hydrogens is 294 g/mol. The van der Waals surface area contributed by atoms with Crippen LogP contribution in [0.2, 0.25) is 0 Å². The number of amides is 1. The predicted molar refractivity (Wildman–Crippen MR) is 83.7 cm³/mol. The average Bonchev–Trinajstić information content (AvgIpc) is 2.35. The fourth-order valence-corrected chi connectivity index (χ4v) is 2.81. The van der Waals surface area contributed by atoms with Crippen LogP contribution >= 0.6 is 11.8 Å².